The maximum Gasteiger partial charge on any atom is 0.325 e. The molecule has 0 aliphatic carbocycles. The van der Waals surface area contributed by atoms with Gasteiger partial charge in [-0.25, -0.2) is 4.39 Å². The van der Waals surface area contributed by atoms with Crippen molar-refractivity contribution in [1.82, 2.24) is 14.7 Å². The highest BCUT2D eigenvalue weighted by Gasteiger charge is 2.25. The minimum atomic E-state index is -0.906. The van der Waals surface area contributed by atoms with Gasteiger partial charge in [0.15, 0.2) is 11.6 Å². The van der Waals surface area contributed by atoms with E-state index in [4.69, 9.17) is 9.84 Å². The number of hydrogen-bond acceptors (Lipinski definition) is 4. The molecule has 1 N–H and O–H groups in total. The van der Waals surface area contributed by atoms with Crippen LogP contribution in [0.15, 0.2) is 30.5 Å². The zero-order chi connectivity index (χ0) is 17.8. The summed E-state index contributed by atoms with van der Waals surface area (Å²) >= 11 is 0. The molecule has 0 unspecified atom stereocenters. The third kappa shape index (κ3) is 3.99. The summed E-state index contributed by atoms with van der Waals surface area (Å²) in [5, 5.41) is 13.1. The first-order valence-corrected chi connectivity index (χ1v) is 8.35. The van der Waals surface area contributed by atoms with Crippen LogP contribution in [0.5, 0.6) is 5.75 Å². The Morgan fingerprint density at radius 3 is 3.04 bits per heavy atom. The molecule has 6 nitrogen and oxygen atoms in total. The predicted molar refractivity (Wildman–Crippen MR) is 90.1 cm³/mol. The molecule has 0 amide bonds. The molecular weight excluding hydrogens is 325 g/mol. The van der Waals surface area contributed by atoms with E-state index in [1.165, 1.54) is 7.11 Å². The summed E-state index contributed by atoms with van der Waals surface area (Å²) < 4.78 is 21.0. The number of rotatable bonds is 6. The summed E-state index contributed by atoms with van der Waals surface area (Å²) in [5.74, 6) is -0.769. The van der Waals surface area contributed by atoms with E-state index in [0.29, 0.717) is 12.1 Å². The van der Waals surface area contributed by atoms with Crippen molar-refractivity contribution in [2.45, 2.75) is 31.8 Å². The third-order valence-electron chi connectivity index (χ3n) is 4.62. The number of likely N-dealkylation sites (tertiary alicyclic amines) is 1. The highest BCUT2D eigenvalue weighted by molar-refractivity contribution is 5.66. The normalized spacial score (nSPS) is 18.2. The Hall–Kier alpha value is -2.41. The minimum absolute atomic E-state index is 0.136. The van der Waals surface area contributed by atoms with Gasteiger partial charge in [-0.3, -0.25) is 14.4 Å². The monoisotopic (exact) mass is 347 g/mol. The molecule has 0 bridgehead atoms. The van der Waals surface area contributed by atoms with Crippen LogP contribution in [0.1, 0.15) is 30.0 Å². The van der Waals surface area contributed by atoms with E-state index in [9.17, 15) is 9.18 Å². The Kier molecular flexibility index (Phi) is 5.33. The zero-order valence-electron chi connectivity index (χ0n) is 14.2. The molecule has 2 aromatic rings. The molecule has 134 valence electrons. The van der Waals surface area contributed by atoms with Gasteiger partial charge in [-0.1, -0.05) is 12.1 Å². The largest absolute Gasteiger partial charge is 0.494 e. The molecule has 1 aromatic heterocycles. The maximum absolute atomic E-state index is 14.4. The standard InChI is InChI=1S/C18H22FN3O3/c1-25-16-6-2-4-14(18(16)19)11-21-9-3-5-13(10-21)15-7-8-20-22(15)12-17(23)24/h2,4,6-8,13H,3,5,9-12H2,1H3,(H,23,24)/t13-/m1/s1. The Morgan fingerprint density at radius 2 is 2.28 bits per heavy atom. The van der Waals surface area contributed by atoms with Crippen LogP contribution < -0.4 is 4.74 Å². The molecule has 1 aliphatic heterocycles. The Labute approximate surface area is 145 Å². The first-order valence-electron chi connectivity index (χ1n) is 8.35. The van der Waals surface area contributed by atoms with Gasteiger partial charge in [0.1, 0.15) is 6.54 Å². The molecule has 1 aliphatic rings. The summed E-state index contributed by atoms with van der Waals surface area (Å²) in [6.07, 6.45) is 3.59. The van der Waals surface area contributed by atoms with Crippen LogP contribution in [0.25, 0.3) is 0 Å². The molecule has 1 atom stereocenters. The lowest BCUT2D eigenvalue weighted by Gasteiger charge is -2.33. The predicted octanol–water partition coefficient (Wildman–Crippen LogP) is 2.50. The van der Waals surface area contributed by atoms with Crippen LogP contribution in [-0.4, -0.2) is 46.0 Å². The number of benzene rings is 1. The van der Waals surface area contributed by atoms with Crippen LogP contribution in [-0.2, 0) is 17.9 Å². The lowest BCUT2D eigenvalue weighted by atomic mass is 9.94. The van der Waals surface area contributed by atoms with Gasteiger partial charge in [0.2, 0.25) is 0 Å². The van der Waals surface area contributed by atoms with E-state index in [2.05, 4.69) is 10.00 Å². The van der Waals surface area contributed by atoms with Crippen molar-refractivity contribution < 1.29 is 19.0 Å². The number of ether oxygens (including phenoxy) is 1. The summed E-state index contributed by atoms with van der Waals surface area (Å²) in [5.41, 5.74) is 1.54. The van der Waals surface area contributed by atoms with Gasteiger partial charge in [0, 0.05) is 36.5 Å². The average molecular weight is 347 g/mol. The van der Waals surface area contributed by atoms with Crippen LogP contribution in [0.3, 0.4) is 0 Å². The first-order chi connectivity index (χ1) is 12.1. The number of piperidine rings is 1. The highest BCUT2D eigenvalue weighted by atomic mass is 19.1. The summed E-state index contributed by atoms with van der Waals surface area (Å²) in [4.78, 5) is 13.2. The fraction of sp³-hybridized carbons (Fsp3) is 0.444. The summed E-state index contributed by atoms with van der Waals surface area (Å²) in [7, 11) is 1.46. The lowest BCUT2D eigenvalue weighted by molar-refractivity contribution is -0.137. The first kappa shape index (κ1) is 17.4. The van der Waals surface area contributed by atoms with Gasteiger partial charge >= 0.3 is 5.97 Å². The number of methoxy groups -OCH3 is 1. The number of hydrogen-bond donors (Lipinski definition) is 1. The second-order valence-electron chi connectivity index (χ2n) is 6.32. The molecule has 1 aromatic carbocycles. The van der Waals surface area contributed by atoms with Crippen molar-refractivity contribution in [3.05, 3.63) is 47.5 Å². The SMILES string of the molecule is COc1cccc(CN2CCC[C@@H](c3ccnn3CC(=O)O)C2)c1F. The Balaban J connectivity index is 1.72. The molecule has 25 heavy (non-hydrogen) atoms. The number of nitrogens with zero attached hydrogens (tertiary/aromatic N) is 3. The summed E-state index contributed by atoms with van der Waals surface area (Å²) in [6.45, 7) is 2.01. The molecule has 2 heterocycles. The number of aliphatic carboxylic acids is 1. The minimum Gasteiger partial charge on any atom is -0.494 e. The lowest BCUT2D eigenvalue weighted by Crippen LogP contribution is -2.35. The molecule has 7 heteroatoms. The molecule has 0 radical (unpaired) electrons. The fourth-order valence-corrected chi connectivity index (χ4v) is 3.47. The zero-order valence-corrected chi connectivity index (χ0v) is 14.2. The number of carboxylic acid groups (broad SMARTS) is 1. The van der Waals surface area contributed by atoms with E-state index in [1.54, 1.807) is 29.1 Å². The second kappa shape index (κ2) is 7.65. The van der Waals surface area contributed by atoms with E-state index in [0.717, 1.165) is 31.6 Å². The van der Waals surface area contributed by atoms with Gasteiger partial charge in [-0.2, -0.15) is 5.10 Å². The second-order valence-corrected chi connectivity index (χ2v) is 6.32. The van der Waals surface area contributed by atoms with Gasteiger partial charge in [0.05, 0.1) is 7.11 Å². The summed E-state index contributed by atoms with van der Waals surface area (Å²) in [6, 6.07) is 7.06. The van der Waals surface area contributed by atoms with Crippen LogP contribution in [0.4, 0.5) is 4.39 Å². The fourth-order valence-electron chi connectivity index (χ4n) is 3.47. The highest BCUT2D eigenvalue weighted by Crippen LogP contribution is 2.29. The van der Waals surface area contributed by atoms with Crippen LogP contribution >= 0.6 is 0 Å². The Morgan fingerprint density at radius 1 is 1.44 bits per heavy atom. The van der Waals surface area contributed by atoms with Gasteiger partial charge in [0.25, 0.3) is 0 Å². The Bertz CT molecular complexity index is 747. The number of carbonyl (C=O) groups is 1. The molecule has 1 saturated heterocycles. The molecule has 3 rings (SSSR count). The topological polar surface area (TPSA) is 67.6 Å². The van der Waals surface area contributed by atoms with E-state index in [-0.39, 0.29) is 24.0 Å². The van der Waals surface area contributed by atoms with Crippen molar-refractivity contribution in [3.63, 3.8) is 0 Å². The van der Waals surface area contributed by atoms with Crippen LogP contribution in [0.2, 0.25) is 0 Å². The van der Waals surface area contributed by atoms with Gasteiger partial charge < -0.3 is 9.84 Å². The van der Waals surface area contributed by atoms with Crippen molar-refractivity contribution in [3.8, 4) is 5.75 Å². The number of halogens is 1. The smallest absolute Gasteiger partial charge is 0.325 e. The molecule has 0 spiro atoms. The average Bonchev–Trinajstić information content (AvgIpc) is 3.04. The van der Waals surface area contributed by atoms with Crippen LogP contribution in [0, 0.1) is 5.82 Å². The number of aromatic nitrogens is 2. The van der Waals surface area contributed by atoms with Crippen molar-refractivity contribution in [2.75, 3.05) is 20.2 Å². The quantitative estimate of drug-likeness (QED) is 0.870. The molecular formula is C18H22FN3O3. The van der Waals surface area contributed by atoms with Gasteiger partial charge in [-0.05, 0) is 31.5 Å². The maximum atomic E-state index is 14.4. The van der Waals surface area contributed by atoms with Crippen molar-refractivity contribution in [2.24, 2.45) is 0 Å². The van der Waals surface area contributed by atoms with E-state index in [1.807, 2.05) is 6.07 Å². The van der Waals surface area contributed by atoms with E-state index >= 15 is 0 Å². The molecule has 1 fully saturated rings. The number of carboxylic acids is 1. The van der Waals surface area contributed by atoms with Crippen molar-refractivity contribution >= 4 is 5.97 Å². The van der Waals surface area contributed by atoms with E-state index < -0.39 is 5.97 Å². The van der Waals surface area contributed by atoms with Crippen molar-refractivity contribution in [1.29, 1.82) is 0 Å². The third-order valence-corrected chi connectivity index (χ3v) is 4.62. The molecule has 0 saturated carbocycles. The van der Waals surface area contributed by atoms with Gasteiger partial charge in [-0.15, -0.1) is 0 Å².